The van der Waals surface area contributed by atoms with Crippen molar-refractivity contribution in [2.45, 2.75) is 75.9 Å². The van der Waals surface area contributed by atoms with Gasteiger partial charge in [0.15, 0.2) is 0 Å². The number of hydrogen-bond donors (Lipinski definition) is 2. The van der Waals surface area contributed by atoms with Gasteiger partial charge in [-0.15, -0.1) is 0 Å². The van der Waals surface area contributed by atoms with Crippen LogP contribution in [-0.4, -0.2) is 81.9 Å². The highest BCUT2D eigenvalue weighted by molar-refractivity contribution is 5.94. The fourth-order valence-corrected chi connectivity index (χ4v) is 7.45. The van der Waals surface area contributed by atoms with Crippen molar-refractivity contribution < 1.29 is 38.1 Å². The largest absolute Gasteiger partial charge is 0.477 e. The number of benzene rings is 2. The highest BCUT2D eigenvalue weighted by Crippen LogP contribution is 2.40. The predicted molar refractivity (Wildman–Crippen MR) is 180 cm³/mol. The molecule has 2 N–H and O–H groups in total. The first-order valence-corrected chi connectivity index (χ1v) is 16.9. The van der Waals surface area contributed by atoms with E-state index in [2.05, 4.69) is 0 Å². The molecule has 0 spiro atoms. The molecular weight excluding hydrogens is 654 g/mol. The third kappa shape index (κ3) is 5.41. The summed E-state index contributed by atoms with van der Waals surface area (Å²) in [5, 5.41) is 19.3. The van der Waals surface area contributed by atoms with Gasteiger partial charge in [-0.3, -0.25) is 9.59 Å². The molecule has 2 saturated heterocycles. The van der Waals surface area contributed by atoms with Crippen LogP contribution in [0.5, 0.6) is 0 Å². The zero-order valence-electron chi connectivity index (χ0n) is 27.5. The standard InChI is InChI=1S/C36H36F2N4O8/c1-17-15-49-31(13-39(17)29-9-27-21(7-25(29)37)33(43)23(35(45)46)11-41(27)19-3-4-19)32-14-40(18(2)16-50-32)30-10-28-22(8-26(30)38)34(44)24(36(47)48)12-42(28)20-5-6-20/h7-12,17-20,31-32H,3-6,13-16H2,1-2H3,(H,45,46)(H,47,48)/t17-,18-,31-,32-/m0/s1. The van der Waals surface area contributed by atoms with Gasteiger partial charge in [0, 0.05) is 60.4 Å². The molecule has 2 aliphatic heterocycles. The van der Waals surface area contributed by atoms with Crippen molar-refractivity contribution in [3.8, 4) is 0 Å². The molecule has 8 rings (SSSR count). The molecular formula is C36H36F2N4O8. The Kier molecular flexibility index (Phi) is 7.71. The number of aromatic nitrogens is 2. The number of carbonyl (C=O) groups is 2. The quantitative estimate of drug-likeness (QED) is 0.284. The molecule has 2 aliphatic carbocycles. The fourth-order valence-electron chi connectivity index (χ4n) is 7.45. The van der Waals surface area contributed by atoms with Crippen molar-refractivity contribution in [2.24, 2.45) is 0 Å². The molecule has 4 aliphatic rings. The van der Waals surface area contributed by atoms with Gasteiger partial charge in [0.2, 0.25) is 10.9 Å². The average Bonchev–Trinajstić information content (AvgIpc) is 4.01. The van der Waals surface area contributed by atoms with E-state index in [-0.39, 0.29) is 72.6 Å². The number of rotatable bonds is 7. The lowest BCUT2D eigenvalue weighted by Crippen LogP contribution is -2.59. The number of morpholine rings is 2. The molecule has 4 fully saturated rings. The van der Waals surface area contributed by atoms with E-state index in [1.807, 2.05) is 23.6 Å². The molecule has 4 atom stereocenters. The van der Waals surface area contributed by atoms with E-state index in [0.29, 0.717) is 11.0 Å². The number of ether oxygens (including phenoxy) is 2. The molecule has 0 amide bonds. The predicted octanol–water partition coefficient (Wildman–Crippen LogP) is 4.55. The van der Waals surface area contributed by atoms with Crippen molar-refractivity contribution in [3.05, 3.63) is 79.9 Å². The van der Waals surface area contributed by atoms with Crippen molar-refractivity contribution in [3.63, 3.8) is 0 Å². The third-order valence-corrected chi connectivity index (χ3v) is 10.5. The Balaban J connectivity index is 1.11. The van der Waals surface area contributed by atoms with Crippen LogP contribution in [0.15, 0.2) is 46.2 Å². The molecule has 12 nitrogen and oxygen atoms in total. The maximum Gasteiger partial charge on any atom is 0.341 e. The summed E-state index contributed by atoms with van der Waals surface area (Å²) in [7, 11) is 0. The number of halogens is 2. The van der Waals surface area contributed by atoms with E-state index in [0.717, 1.165) is 37.8 Å². The SMILES string of the molecule is C[C@H]1CO[C@H]([C@@H]2CN(c3cc4c(cc3F)c(=O)c(C(=O)O)cn4C3CC3)[C@@H](C)CO2)CN1c1cc2c(cc1F)c(=O)c(C(=O)O)cn2C1CC1. The summed E-state index contributed by atoms with van der Waals surface area (Å²) in [6.45, 7) is 4.76. The van der Waals surface area contributed by atoms with Gasteiger partial charge in [0.1, 0.15) is 35.0 Å². The minimum absolute atomic E-state index is 0.0134. The van der Waals surface area contributed by atoms with Crippen molar-refractivity contribution >= 4 is 45.1 Å². The van der Waals surface area contributed by atoms with Crippen LogP contribution in [0.1, 0.15) is 72.3 Å². The van der Waals surface area contributed by atoms with Crippen LogP contribution in [0.2, 0.25) is 0 Å². The molecule has 50 heavy (non-hydrogen) atoms. The van der Waals surface area contributed by atoms with E-state index in [9.17, 15) is 29.4 Å². The van der Waals surface area contributed by atoms with Gasteiger partial charge in [-0.1, -0.05) is 0 Å². The van der Waals surface area contributed by atoms with Gasteiger partial charge in [-0.05, 0) is 63.8 Å². The van der Waals surface area contributed by atoms with Crippen LogP contribution in [0.4, 0.5) is 20.2 Å². The monoisotopic (exact) mass is 690 g/mol. The second kappa shape index (κ2) is 11.9. The van der Waals surface area contributed by atoms with Crippen LogP contribution in [-0.2, 0) is 9.47 Å². The lowest BCUT2D eigenvalue weighted by atomic mass is 10.0. The Labute approximate surface area is 284 Å². The highest BCUT2D eigenvalue weighted by atomic mass is 19.1. The molecule has 0 bridgehead atoms. The minimum atomic E-state index is -1.36. The molecule has 14 heteroatoms. The first kappa shape index (κ1) is 32.4. The highest BCUT2D eigenvalue weighted by Gasteiger charge is 2.39. The molecule has 0 unspecified atom stereocenters. The summed E-state index contributed by atoms with van der Waals surface area (Å²) in [6, 6.07) is 5.05. The maximum absolute atomic E-state index is 15.9. The smallest absolute Gasteiger partial charge is 0.341 e. The molecule has 262 valence electrons. The third-order valence-electron chi connectivity index (χ3n) is 10.5. The van der Waals surface area contributed by atoms with E-state index < -0.39 is 57.8 Å². The Morgan fingerprint density at radius 1 is 0.680 bits per heavy atom. The first-order valence-electron chi connectivity index (χ1n) is 16.9. The van der Waals surface area contributed by atoms with E-state index in [1.165, 1.54) is 12.4 Å². The van der Waals surface area contributed by atoms with Crippen molar-refractivity contribution in [1.82, 2.24) is 9.13 Å². The fraction of sp³-hybridized carbons (Fsp3) is 0.444. The Morgan fingerprint density at radius 3 is 1.40 bits per heavy atom. The Bertz CT molecular complexity index is 2060. The number of anilines is 2. The summed E-state index contributed by atoms with van der Waals surface area (Å²) in [4.78, 5) is 53.4. The number of pyridine rings is 2. The van der Waals surface area contributed by atoms with Crippen LogP contribution < -0.4 is 20.7 Å². The van der Waals surface area contributed by atoms with E-state index in [4.69, 9.17) is 9.47 Å². The molecule has 2 aromatic heterocycles. The van der Waals surface area contributed by atoms with Gasteiger partial charge < -0.3 is 38.6 Å². The van der Waals surface area contributed by atoms with Crippen LogP contribution in [0, 0.1) is 11.6 Å². The molecule has 0 radical (unpaired) electrons. The average molecular weight is 691 g/mol. The van der Waals surface area contributed by atoms with Gasteiger partial charge in [0.05, 0.1) is 35.6 Å². The minimum Gasteiger partial charge on any atom is -0.477 e. The maximum atomic E-state index is 15.9. The first-order chi connectivity index (χ1) is 23.9. The van der Waals surface area contributed by atoms with Crippen LogP contribution in [0.25, 0.3) is 21.8 Å². The zero-order valence-corrected chi connectivity index (χ0v) is 27.5. The second-order valence-electron chi connectivity index (χ2n) is 14.0. The molecule has 4 heterocycles. The molecule has 4 aromatic rings. The molecule has 2 aromatic carbocycles. The van der Waals surface area contributed by atoms with E-state index in [1.54, 1.807) is 21.3 Å². The lowest BCUT2D eigenvalue weighted by molar-refractivity contribution is -0.0958. The molecule has 2 saturated carbocycles. The van der Waals surface area contributed by atoms with E-state index >= 15 is 8.78 Å². The number of carboxylic acid groups (broad SMARTS) is 2. The Hall–Kier alpha value is -4.82. The summed E-state index contributed by atoms with van der Waals surface area (Å²) in [5.41, 5.74) is -0.799. The number of carboxylic acids is 2. The van der Waals surface area contributed by atoms with Gasteiger partial charge in [-0.25, -0.2) is 18.4 Å². The summed E-state index contributed by atoms with van der Waals surface area (Å²) in [6.07, 6.45) is 4.93. The van der Waals surface area contributed by atoms with Crippen LogP contribution in [0.3, 0.4) is 0 Å². The Morgan fingerprint density at radius 2 is 1.06 bits per heavy atom. The van der Waals surface area contributed by atoms with Gasteiger partial charge >= 0.3 is 11.9 Å². The lowest BCUT2D eigenvalue weighted by Gasteiger charge is -2.46. The van der Waals surface area contributed by atoms with Crippen molar-refractivity contribution in [1.29, 1.82) is 0 Å². The second-order valence-corrected chi connectivity index (χ2v) is 14.0. The topological polar surface area (TPSA) is 144 Å². The summed E-state index contributed by atoms with van der Waals surface area (Å²) < 4.78 is 47.8. The normalized spacial score (nSPS) is 24.2. The number of hydrogen-bond acceptors (Lipinski definition) is 8. The van der Waals surface area contributed by atoms with Crippen molar-refractivity contribution in [2.75, 3.05) is 36.1 Å². The van der Waals surface area contributed by atoms with Crippen LogP contribution >= 0.6 is 0 Å². The number of fused-ring (bicyclic) bond motifs is 2. The van der Waals surface area contributed by atoms with Gasteiger partial charge in [0.25, 0.3) is 0 Å². The van der Waals surface area contributed by atoms with Gasteiger partial charge in [-0.2, -0.15) is 0 Å². The number of nitrogens with zero attached hydrogens (tertiary/aromatic N) is 4. The summed E-state index contributed by atoms with van der Waals surface area (Å²) >= 11 is 0. The summed E-state index contributed by atoms with van der Waals surface area (Å²) in [5.74, 6) is -4.02. The zero-order chi connectivity index (χ0) is 35.2. The number of aromatic carboxylic acids is 2.